The molecule has 0 amide bonds. The molecule has 5 nitrogen and oxygen atoms in total. The second-order valence-electron chi connectivity index (χ2n) is 5.95. The number of aromatic nitrogens is 2. The average Bonchev–Trinajstić information content (AvgIpc) is 2.73. The highest BCUT2D eigenvalue weighted by molar-refractivity contribution is 5.80. The SMILES string of the molecule is COc1cc2c(cc1F)nc(N)n2CC1(C)CCOCC1. The van der Waals surface area contributed by atoms with Crippen LogP contribution >= 0.6 is 0 Å². The van der Waals surface area contributed by atoms with Gasteiger partial charge in [0.25, 0.3) is 0 Å². The Bertz CT molecular complexity index is 662. The van der Waals surface area contributed by atoms with Crippen molar-refractivity contribution < 1.29 is 13.9 Å². The summed E-state index contributed by atoms with van der Waals surface area (Å²) in [4.78, 5) is 4.26. The predicted molar refractivity (Wildman–Crippen MR) is 78.8 cm³/mol. The molecule has 1 aromatic heterocycles. The number of hydrogen-bond donors (Lipinski definition) is 1. The highest BCUT2D eigenvalue weighted by atomic mass is 19.1. The van der Waals surface area contributed by atoms with Gasteiger partial charge in [0, 0.05) is 31.9 Å². The van der Waals surface area contributed by atoms with Crippen molar-refractivity contribution in [1.82, 2.24) is 9.55 Å². The summed E-state index contributed by atoms with van der Waals surface area (Å²) >= 11 is 0. The van der Waals surface area contributed by atoms with Crippen LogP contribution in [0.2, 0.25) is 0 Å². The van der Waals surface area contributed by atoms with Gasteiger partial charge in [0.05, 0.1) is 18.1 Å². The molecule has 0 bridgehead atoms. The van der Waals surface area contributed by atoms with E-state index in [1.165, 1.54) is 13.2 Å². The molecule has 0 aliphatic carbocycles. The van der Waals surface area contributed by atoms with Crippen LogP contribution in [0.5, 0.6) is 5.75 Å². The van der Waals surface area contributed by atoms with Crippen LogP contribution in [0.15, 0.2) is 12.1 Å². The van der Waals surface area contributed by atoms with Crippen LogP contribution in [0.25, 0.3) is 11.0 Å². The molecule has 1 aromatic carbocycles. The molecule has 0 unspecified atom stereocenters. The van der Waals surface area contributed by atoms with Gasteiger partial charge < -0.3 is 19.8 Å². The van der Waals surface area contributed by atoms with Crippen molar-refractivity contribution in [2.45, 2.75) is 26.3 Å². The van der Waals surface area contributed by atoms with Crippen LogP contribution in [-0.4, -0.2) is 29.9 Å². The van der Waals surface area contributed by atoms with Crippen molar-refractivity contribution in [3.8, 4) is 5.75 Å². The van der Waals surface area contributed by atoms with Crippen molar-refractivity contribution >= 4 is 17.0 Å². The second-order valence-corrected chi connectivity index (χ2v) is 5.95. The minimum atomic E-state index is -0.424. The normalized spacial score (nSPS) is 18.0. The Hall–Kier alpha value is -1.82. The molecule has 6 heteroatoms. The number of ether oxygens (including phenoxy) is 2. The average molecular weight is 293 g/mol. The molecule has 0 saturated carbocycles. The summed E-state index contributed by atoms with van der Waals surface area (Å²) in [7, 11) is 1.45. The van der Waals surface area contributed by atoms with Gasteiger partial charge in [-0.15, -0.1) is 0 Å². The first-order valence-electron chi connectivity index (χ1n) is 7.09. The molecule has 114 valence electrons. The van der Waals surface area contributed by atoms with Gasteiger partial charge in [0.15, 0.2) is 11.6 Å². The summed E-state index contributed by atoms with van der Waals surface area (Å²) in [5.74, 6) is 0.193. The molecule has 2 heterocycles. The van der Waals surface area contributed by atoms with Gasteiger partial charge in [-0.3, -0.25) is 0 Å². The van der Waals surface area contributed by atoms with E-state index in [0.29, 0.717) is 11.5 Å². The Kier molecular flexibility index (Phi) is 3.49. The van der Waals surface area contributed by atoms with Crippen LogP contribution in [0, 0.1) is 11.2 Å². The number of methoxy groups -OCH3 is 1. The smallest absolute Gasteiger partial charge is 0.201 e. The summed E-state index contributed by atoms with van der Waals surface area (Å²) in [5.41, 5.74) is 7.50. The Morgan fingerprint density at radius 1 is 1.43 bits per heavy atom. The van der Waals surface area contributed by atoms with Crippen molar-refractivity contribution in [2.24, 2.45) is 5.41 Å². The summed E-state index contributed by atoms with van der Waals surface area (Å²) < 4.78 is 26.2. The van der Waals surface area contributed by atoms with Crippen molar-refractivity contribution in [1.29, 1.82) is 0 Å². The quantitative estimate of drug-likeness (QED) is 0.945. The summed E-state index contributed by atoms with van der Waals surface area (Å²) in [6, 6.07) is 3.03. The summed E-state index contributed by atoms with van der Waals surface area (Å²) in [5, 5.41) is 0. The van der Waals surface area contributed by atoms with E-state index in [1.807, 2.05) is 4.57 Å². The van der Waals surface area contributed by atoms with Crippen LogP contribution in [0.4, 0.5) is 10.3 Å². The molecule has 1 saturated heterocycles. The van der Waals surface area contributed by atoms with Crippen LogP contribution in [0.3, 0.4) is 0 Å². The lowest BCUT2D eigenvalue weighted by Crippen LogP contribution is -2.31. The van der Waals surface area contributed by atoms with E-state index in [1.54, 1.807) is 6.07 Å². The van der Waals surface area contributed by atoms with Gasteiger partial charge in [-0.25, -0.2) is 9.37 Å². The first-order chi connectivity index (χ1) is 10.0. The molecule has 2 N–H and O–H groups in total. The highest BCUT2D eigenvalue weighted by Gasteiger charge is 2.29. The molecule has 2 aromatic rings. The number of rotatable bonds is 3. The topological polar surface area (TPSA) is 62.3 Å². The van der Waals surface area contributed by atoms with E-state index >= 15 is 0 Å². The molecular formula is C15H20FN3O2. The number of hydrogen-bond acceptors (Lipinski definition) is 4. The number of fused-ring (bicyclic) bond motifs is 1. The van der Waals surface area contributed by atoms with E-state index in [-0.39, 0.29) is 11.2 Å². The van der Waals surface area contributed by atoms with Gasteiger partial charge >= 0.3 is 0 Å². The van der Waals surface area contributed by atoms with E-state index in [4.69, 9.17) is 15.2 Å². The van der Waals surface area contributed by atoms with E-state index in [2.05, 4.69) is 11.9 Å². The summed E-state index contributed by atoms with van der Waals surface area (Å²) in [6.45, 7) is 4.50. The standard InChI is InChI=1S/C15H20FN3O2/c1-15(3-5-21-6-4-15)9-19-12-8-13(20-2)10(16)7-11(12)18-14(19)17/h7-8H,3-6,9H2,1-2H3,(H2,17,18). The molecule has 21 heavy (non-hydrogen) atoms. The van der Waals surface area contributed by atoms with Crippen molar-refractivity contribution in [3.05, 3.63) is 17.9 Å². The number of nitrogens with two attached hydrogens (primary N) is 1. The van der Waals surface area contributed by atoms with Gasteiger partial charge in [0.1, 0.15) is 0 Å². The molecule has 3 rings (SSSR count). The van der Waals surface area contributed by atoms with E-state index < -0.39 is 5.82 Å². The molecular weight excluding hydrogens is 273 g/mol. The number of nitrogen functional groups attached to an aromatic ring is 1. The maximum atomic E-state index is 13.8. The lowest BCUT2D eigenvalue weighted by molar-refractivity contribution is 0.0163. The minimum absolute atomic E-state index is 0.113. The van der Waals surface area contributed by atoms with Gasteiger partial charge in [-0.05, 0) is 18.3 Å². The number of anilines is 1. The zero-order chi connectivity index (χ0) is 15.0. The van der Waals surface area contributed by atoms with E-state index in [0.717, 1.165) is 38.1 Å². The largest absolute Gasteiger partial charge is 0.494 e. The molecule has 1 fully saturated rings. The fourth-order valence-electron chi connectivity index (χ4n) is 2.87. The third kappa shape index (κ3) is 2.55. The molecule has 1 aliphatic heterocycles. The maximum absolute atomic E-state index is 13.8. The predicted octanol–water partition coefficient (Wildman–Crippen LogP) is 2.58. The van der Waals surface area contributed by atoms with Crippen LogP contribution in [0.1, 0.15) is 19.8 Å². The molecule has 1 aliphatic rings. The van der Waals surface area contributed by atoms with Gasteiger partial charge in [-0.2, -0.15) is 0 Å². The Morgan fingerprint density at radius 3 is 2.81 bits per heavy atom. The fourth-order valence-corrected chi connectivity index (χ4v) is 2.87. The maximum Gasteiger partial charge on any atom is 0.201 e. The second kappa shape index (κ2) is 5.18. The zero-order valence-corrected chi connectivity index (χ0v) is 12.4. The van der Waals surface area contributed by atoms with Crippen LogP contribution < -0.4 is 10.5 Å². The third-order valence-electron chi connectivity index (χ3n) is 4.29. The fraction of sp³-hybridized carbons (Fsp3) is 0.533. The molecule has 0 spiro atoms. The minimum Gasteiger partial charge on any atom is -0.494 e. The van der Waals surface area contributed by atoms with Crippen LogP contribution in [-0.2, 0) is 11.3 Å². The lowest BCUT2D eigenvalue weighted by Gasteiger charge is -2.34. The first-order valence-corrected chi connectivity index (χ1v) is 7.09. The highest BCUT2D eigenvalue weighted by Crippen LogP contribution is 2.35. The number of imidazole rings is 1. The van der Waals surface area contributed by atoms with Crippen molar-refractivity contribution in [3.63, 3.8) is 0 Å². The number of halogens is 1. The van der Waals surface area contributed by atoms with Crippen molar-refractivity contribution in [2.75, 3.05) is 26.1 Å². The van der Waals surface area contributed by atoms with Gasteiger partial charge in [0.2, 0.25) is 5.95 Å². The zero-order valence-electron chi connectivity index (χ0n) is 12.4. The molecule has 0 radical (unpaired) electrons. The Labute approximate surface area is 122 Å². The van der Waals surface area contributed by atoms with E-state index in [9.17, 15) is 4.39 Å². The van der Waals surface area contributed by atoms with Gasteiger partial charge in [-0.1, -0.05) is 6.92 Å². The summed E-state index contributed by atoms with van der Waals surface area (Å²) in [6.07, 6.45) is 1.95. The number of nitrogens with zero attached hydrogens (tertiary/aromatic N) is 2. The monoisotopic (exact) mass is 293 g/mol. The molecule has 0 atom stereocenters. The lowest BCUT2D eigenvalue weighted by atomic mass is 9.82. The number of benzene rings is 1. The third-order valence-corrected chi connectivity index (χ3v) is 4.29. The Morgan fingerprint density at radius 2 is 2.14 bits per heavy atom. The Balaban J connectivity index is 2.03. The first kappa shape index (κ1) is 14.1.